The van der Waals surface area contributed by atoms with Crippen molar-refractivity contribution in [2.24, 2.45) is 0 Å². The minimum Gasteiger partial charge on any atom is -0.506 e. The van der Waals surface area contributed by atoms with E-state index in [1.165, 1.54) is 12.4 Å². The molecule has 3 rings (SSSR count). The fraction of sp³-hybridized carbons (Fsp3) is 0.118. The second kappa shape index (κ2) is 7.34. The van der Waals surface area contributed by atoms with Gasteiger partial charge in [0.05, 0.1) is 40.4 Å². The molecule has 0 aliphatic carbocycles. The summed E-state index contributed by atoms with van der Waals surface area (Å²) in [7, 11) is 0. The molecule has 2 N–H and O–H groups in total. The Kier molecular flexibility index (Phi) is 5.19. The van der Waals surface area contributed by atoms with Gasteiger partial charge >= 0.3 is 0 Å². The summed E-state index contributed by atoms with van der Waals surface area (Å²) >= 11 is 18.4. The van der Waals surface area contributed by atoms with Crippen molar-refractivity contribution in [3.63, 3.8) is 0 Å². The van der Waals surface area contributed by atoms with Gasteiger partial charge in [0.25, 0.3) is 0 Å². The highest BCUT2D eigenvalue weighted by atomic mass is 35.5. The lowest BCUT2D eigenvalue weighted by atomic mass is 10.1. The molecule has 2 aromatic carbocycles. The van der Waals surface area contributed by atoms with Crippen molar-refractivity contribution < 1.29 is 9.84 Å². The summed E-state index contributed by atoms with van der Waals surface area (Å²) in [5, 5.41) is 11.4. The van der Waals surface area contributed by atoms with Crippen molar-refractivity contribution in [1.82, 2.24) is 9.97 Å². The number of imidazole rings is 1. The molecule has 124 valence electrons. The molecule has 1 heterocycles. The molecule has 0 amide bonds. The van der Waals surface area contributed by atoms with Crippen LogP contribution in [0, 0.1) is 0 Å². The van der Waals surface area contributed by atoms with Gasteiger partial charge in [-0.25, -0.2) is 4.98 Å². The molecule has 7 heteroatoms. The maximum Gasteiger partial charge on any atom is 0.151 e. The predicted molar refractivity (Wildman–Crippen MR) is 96.4 cm³/mol. The number of hydrogen-bond acceptors (Lipinski definition) is 3. The van der Waals surface area contributed by atoms with Crippen molar-refractivity contribution in [1.29, 1.82) is 0 Å². The molecule has 4 nitrogen and oxygen atoms in total. The Labute approximate surface area is 154 Å². The van der Waals surface area contributed by atoms with Gasteiger partial charge in [-0.1, -0.05) is 53.0 Å². The highest BCUT2D eigenvalue weighted by Gasteiger charge is 2.20. The van der Waals surface area contributed by atoms with E-state index in [0.717, 1.165) is 5.56 Å². The molecular weight excluding hydrogens is 371 g/mol. The number of ether oxygens (including phenoxy) is 1. The molecule has 0 bridgehead atoms. The van der Waals surface area contributed by atoms with Gasteiger partial charge in [0.2, 0.25) is 0 Å². The topological polar surface area (TPSA) is 58.1 Å². The van der Waals surface area contributed by atoms with Crippen LogP contribution in [-0.4, -0.2) is 21.7 Å². The molecule has 0 atom stereocenters. The molecule has 0 aliphatic rings. The minimum atomic E-state index is -0.113. The SMILES string of the molecule is Oc1c(Cl)cc(Cl)c(OCCc2ccccc2Cl)c1-c1cnc[nH]1. The Morgan fingerprint density at radius 1 is 1.08 bits per heavy atom. The van der Waals surface area contributed by atoms with Gasteiger partial charge in [0.1, 0.15) is 5.75 Å². The molecule has 0 spiro atoms. The van der Waals surface area contributed by atoms with Crippen LogP contribution in [0.2, 0.25) is 15.1 Å². The highest BCUT2D eigenvalue weighted by molar-refractivity contribution is 6.37. The Hall–Kier alpha value is -1.88. The Morgan fingerprint density at radius 3 is 2.58 bits per heavy atom. The van der Waals surface area contributed by atoms with Gasteiger partial charge in [0, 0.05) is 11.4 Å². The number of phenols is 1. The number of benzene rings is 2. The molecule has 3 aromatic rings. The maximum atomic E-state index is 10.3. The van der Waals surface area contributed by atoms with E-state index >= 15 is 0 Å². The van der Waals surface area contributed by atoms with Crippen molar-refractivity contribution in [3.8, 4) is 22.8 Å². The zero-order chi connectivity index (χ0) is 17.1. The number of nitrogens with zero attached hydrogens (tertiary/aromatic N) is 1. The summed E-state index contributed by atoms with van der Waals surface area (Å²) in [6, 6.07) is 9.00. The third kappa shape index (κ3) is 3.46. The van der Waals surface area contributed by atoms with Crippen LogP contribution in [0.15, 0.2) is 42.9 Å². The number of halogens is 3. The summed E-state index contributed by atoms with van der Waals surface area (Å²) < 4.78 is 5.83. The fourth-order valence-corrected chi connectivity index (χ4v) is 3.09. The van der Waals surface area contributed by atoms with Crippen LogP contribution in [-0.2, 0) is 6.42 Å². The molecular formula is C17H13Cl3N2O2. The van der Waals surface area contributed by atoms with E-state index in [2.05, 4.69) is 9.97 Å². The van der Waals surface area contributed by atoms with Crippen LogP contribution in [0.25, 0.3) is 11.3 Å². The highest BCUT2D eigenvalue weighted by Crippen LogP contribution is 2.46. The van der Waals surface area contributed by atoms with Gasteiger partial charge in [0.15, 0.2) is 5.75 Å². The summed E-state index contributed by atoms with van der Waals surface area (Å²) in [4.78, 5) is 6.87. The molecule has 1 aromatic heterocycles. The molecule has 0 saturated carbocycles. The molecule has 0 radical (unpaired) electrons. The van der Waals surface area contributed by atoms with Crippen molar-refractivity contribution in [3.05, 3.63) is 63.5 Å². The van der Waals surface area contributed by atoms with E-state index in [1.54, 1.807) is 6.20 Å². The minimum absolute atomic E-state index is 0.113. The van der Waals surface area contributed by atoms with E-state index in [9.17, 15) is 5.11 Å². The Morgan fingerprint density at radius 2 is 1.88 bits per heavy atom. The number of nitrogens with one attached hydrogen (secondary N) is 1. The van der Waals surface area contributed by atoms with Crippen molar-refractivity contribution in [2.45, 2.75) is 6.42 Å². The van der Waals surface area contributed by atoms with Gasteiger partial charge in [-0.2, -0.15) is 0 Å². The van der Waals surface area contributed by atoms with E-state index in [-0.39, 0.29) is 10.8 Å². The lowest BCUT2D eigenvalue weighted by molar-refractivity contribution is 0.321. The zero-order valence-electron chi connectivity index (χ0n) is 12.4. The lowest BCUT2D eigenvalue weighted by Gasteiger charge is -2.15. The molecule has 0 fully saturated rings. The second-order valence-corrected chi connectivity index (χ2v) is 6.27. The quantitative estimate of drug-likeness (QED) is 0.623. The van der Waals surface area contributed by atoms with Gasteiger partial charge < -0.3 is 14.8 Å². The number of hydrogen-bond donors (Lipinski definition) is 2. The first kappa shape index (κ1) is 17.0. The molecule has 0 unspecified atom stereocenters. The third-order valence-corrected chi connectivity index (χ3v) is 4.44. The molecule has 0 aliphatic heterocycles. The Bertz CT molecular complexity index is 851. The fourth-order valence-electron chi connectivity index (χ4n) is 2.34. The summed E-state index contributed by atoms with van der Waals surface area (Å²) in [5.41, 5.74) is 1.91. The third-order valence-electron chi connectivity index (χ3n) is 3.50. The van der Waals surface area contributed by atoms with Crippen LogP contribution in [0.3, 0.4) is 0 Å². The molecule has 24 heavy (non-hydrogen) atoms. The first-order valence-corrected chi connectivity index (χ1v) is 8.27. The van der Waals surface area contributed by atoms with Crippen molar-refractivity contribution >= 4 is 34.8 Å². The van der Waals surface area contributed by atoms with E-state index in [1.807, 2.05) is 24.3 Å². The second-order valence-electron chi connectivity index (χ2n) is 5.05. The maximum absolute atomic E-state index is 10.3. The van der Waals surface area contributed by atoms with Gasteiger partial charge in [-0.05, 0) is 17.7 Å². The van der Waals surface area contributed by atoms with Crippen LogP contribution in [0.1, 0.15) is 5.56 Å². The van der Waals surface area contributed by atoms with Crippen LogP contribution in [0.4, 0.5) is 0 Å². The lowest BCUT2D eigenvalue weighted by Crippen LogP contribution is -2.04. The normalized spacial score (nSPS) is 10.8. The number of aromatic hydroxyl groups is 1. The number of aromatic nitrogens is 2. The summed E-state index contributed by atoms with van der Waals surface area (Å²) in [6.07, 6.45) is 3.65. The average Bonchev–Trinajstić information content (AvgIpc) is 3.08. The average molecular weight is 384 g/mol. The van der Waals surface area contributed by atoms with Crippen molar-refractivity contribution in [2.75, 3.05) is 6.61 Å². The standard InChI is InChI=1S/C17H13Cl3N2O2/c18-11-4-2-1-3-10(11)5-6-24-17-13(20)7-12(19)16(23)15(17)14-8-21-9-22-14/h1-4,7-9,23H,5-6H2,(H,21,22). The number of aromatic amines is 1. The van der Waals surface area contributed by atoms with E-state index < -0.39 is 0 Å². The van der Waals surface area contributed by atoms with Gasteiger partial charge in [-0.15, -0.1) is 0 Å². The largest absolute Gasteiger partial charge is 0.506 e. The Balaban J connectivity index is 1.88. The van der Waals surface area contributed by atoms with E-state index in [0.29, 0.717) is 40.1 Å². The number of phenolic OH excluding ortho intramolecular Hbond substituents is 1. The smallest absolute Gasteiger partial charge is 0.151 e. The predicted octanol–water partition coefficient (Wildman–Crippen LogP) is 5.36. The van der Waals surface area contributed by atoms with Crippen LogP contribution in [0.5, 0.6) is 11.5 Å². The van der Waals surface area contributed by atoms with Gasteiger partial charge in [-0.3, -0.25) is 0 Å². The van der Waals surface area contributed by atoms with E-state index in [4.69, 9.17) is 39.5 Å². The summed E-state index contributed by atoms with van der Waals surface area (Å²) in [6.45, 7) is 0.339. The first-order chi connectivity index (χ1) is 11.6. The monoisotopic (exact) mass is 382 g/mol. The number of H-pyrrole nitrogens is 1. The van der Waals surface area contributed by atoms with Crippen LogP contribution >= 0.6 is 34.8 Å². The zero-order valence-corrected chi connectivity index (χ0v) is 14.7. The van der Waals surface area contributed by atoms with Crippen LogP contribution < -0.4 is 4.74 Å². The summed E-state index contributed by atoms with van der Waals surface area (Å²) in [5.74, 6) is 0.230. The number of rotatable bonds is 5. The first-order valence-electron chi connectivity index (χ1n) is 7.14. The molecule has 0 saturated heterocycles.